The molecule has 112 valence electrons. The molecule has 2 amide bonds. The van der Waals surface area contributed by atoms with E-state index >= 15 is 0 Å². The molecule has 1 aromatic heterocycles. The van der Waals surface area contributed by atoms with Crippen molar-refractivity contribution in [3.63, 3.8) is 0 Å². The van der Waals surface area contributed by atoms with Crippen molar-refractivity contribution in [3.8, 4) is 0 Å². The lowest BCUT2D eigenvalue weighted by Crippen LogP contribution is -2.38. The minimum atomic E-state index is -0.802. The maximum atomic E-state index is 11.9. The smallest absolute Gasteiger partial charge is 0.317 e. The van der Waals surface area contributed by atoms with E-state index < -0.39 is 5.97 Å². The summed E-state index contributed by atoms with van der Waals surface area (Å²) >= 11 is 4.98. The monoisotopic (exact) mass is 362 g/mol. The van der Waals surface area contributed by atoms with E-state index in [4.69, 9.17) is 5.11 Å². The van der Waals surface area contributed by atoms with Crippen LogP contribution in [0.3, 0.4) is 0 Å². The van der Waals surface area contributed by atoms with E-state index in [1.807, 2.05) is 18.4 Å². The van der Waals surface area contributed by atoms with Gasteiger partial charge in [0.15, 0.2) is 0 Å². The van der Waals surface area contributed by atoms with Gasteiger partial charge in [0, 0.05) is 34.7 Å². The van der Waals surface area contributed by atoms with Crippen molar-refractivity contribution in [3.05, 3.63) is 20.8 Å². The summed E-state index contributed by atoms with van der Waals surface area (Å²) in [5.74, 6) is -0.650. The van der Waals surface area contributed by atoms with Crippen LogP contribution in [-0.4, -0.2) is 35.6 Å². The molecule has 7 heteroatoms. The first kappa shape index (κ1) is 17.0. The number of carbonyl (C=O) groups excluding carboxylic acids is 1. The van der Waals surface area contributed by atoms with E-state index in [1.54, 1.807) is 23.3 Å². The molecule has 0 spiro atoms. The van der Waals surface area contributed by atoms with Gasteiger partial charge in [0.2, 0.25) is 0 Å². The van der Waals surface area contributed by atoms with Gasteiger partial charge in [-0.1, -0.05) is 6.92 Å². The number of carboxylic acid groups (broad SMARTS) is 1. The molecule has 0 bridgehead atoms. The fourth-order valence-corrected chi connectivity index (χ4v) is 3.11. The van der Waals surface area contributed by atoms with E-state index in [2.05, 4.69) is 21.2 Å². The molecule has 1 unspecified atom stereocenters. The van der Waals surface area contributed by atoms with Gasteiger partial charge in [-0.2, -0.15) is 0 Å². The summed E-state index contributed by atoms with van der Waals surface area (Å²) in [7, 11) is 1.74. The highest BCUT2D eigenvalue weighted by Crippen LogP contribution is 2.20. The number of urea groups is 1. The largest absolute Gasteiger partial charge is 0.481 e. The second kappa shape index (κ2) is 8.26. The van der Waals surface area contributed by atoms with Crippen LogP contribution < -0.4 is 5.32 Å². The summed E-state index contributed by atoms with van der Waals surface area (Å²) in [6.45, 7) is 2.98. The van der Waals surface area contributed by atoms with Crippen LogP contribution in [0, 0.1) is 5.92 Å². The summed E-state index contributed by atoms with van der Waals surface area (Å²) in [5, 5.41) is 13.4. The maximum Gasteiger partial charge on any atom is 0.317 e. The number of halogens is 1. The fourth-order valence-electron chi connectivity index (χ4n) is 1.61. The molecule has 1 aromatic rings. The van der Waals surface area contributed by atoms with Crippen LogP contribution in [0.4, 0.5) is 4.79 Å². The standard InChI is InChI=1S/C13H19BrN2O3S/c1-9(3-4-12(17)18)6-15-13(19)16(2)7-11-5-10(14)8-20-11/h5,8-9H,3-4,6-7H2,1-2H3,(H,15,19)(H,17,18). The molecule has 20 heavy (non-hydrogen) atoms. The van der Waals surface area contributed by atoms with Gasteiger partial charge in [-0.25, -0.2) is 4.79 Å². The van der Waals surface area contributed by atoms with Gasteiger partial charge in [0.05, 0.1) is 6.54 Å². The molecule has 1 rings (SSSR count). The van der Waals surface area contributed by atoms with Gasteiger partial charge in [-0.3, -0.25) is 4.79 Å². The number of nitrogens with one attached hydrogen (secondary N) is 1. The molecule has 1 heterocycles. The number of amides is 2. The molecule has 0 saturated heterocycles. The van der Waals surface area contributed by atoms with Gasteiger partial charge < -0.3 is 15.3 Å². The predicted molar refractivity (Wildman–Crippen MR) is 82.9 cm³/mol. The SMILES string of the molecule is CC(CCC(=O)O)CNC(=O)N(C)Cc1cc(Br)cs1. The zero-order valence-electron chi connectivity index (χ0n) is 11.6. The van der Waals surface area contributed by atoms with Crippen LogP contribution >= 0.6 is 27.3 Å². The average molecular weight is 363 g/mol. The molecule has 2 N–H and O–H groups in total. The van der Waals surface area contributed by atoms with E-state index in [-0.39, 0.29) is 18.4 Å². The van der Waals surface area contributed by atoms with E-state index in [0.29, 0.717) is 19.5 Å². The van der Waals surface area contributed by atoms with E-state index in [9.17, 15) is 9.59 Å². The van der Waals surface area contributed by atoms with Crippen molar-refractivity contribution in [1.29, 1.82) is 0 Å². The van der Waals surface area contributed by atoms with Crippen molar-refractivity contribution < 1.29 is 14.7 Å². The Morgan fingerprint density at radius 3 is 2.80 bits per heavy atom. The van der Waals surface area contributed by atoms with Crippen LogP contribution in [0.15, 0.2) is 15.9 Å². The van der Waals surface area contributed by atoms with Crippen LogP contribution in [0.25, 0.3) is 0 Å². The molecule has 1 atom stereocenters. The minimum absolute atomic E-state index is 0.135. The lowest BCUT2D eigenvalue weighted by atomic mass is 10.1. The third kappa shape index (κ3) is 6.38. The lowest BCUT2D eigenvalue weighted by molar-refractivity contribution is -0.137. The fraction of sp³-hybridized carbons (Fsp3) is 0.538. The molecule has 0 aliphatic heterocycles. The van der Waals surface area contributed by atoms with Crippen LogP contribution in [0.2, 0.25) is 0 Å². The predicted octanol–water partition coefficient (Wildman–Crippen LogP) is 3.15. The van der Waals surface area contributed by atoms with Crippen molar-refractivity contribution >= 4 is 39.3 Å². The third-order valence-electron chi connectivity index (χ3n) is 2.81. The van der Waals surface area contributed by atoms with Crippen molar-refractivity contribution in [1.82, 2.24) is 10.2 Å². The highest BCUT2D eigenvalue weighted by Gasteiger charge is 2.12. The number of carboxylic acids is 1. The summed E-state index contributed by atoms with van der Waals surface area (Å²) < 4.78 is 1.02. The van der Waals surface area contributed by atoms with Crippen LogP contribution in [0.5, 0.6) is 0 Å². The second-order valence-electron chi connectivity index (χ2n) is 4.81. The molecule has 5 nitrogen and oxygen atoms in total. The van der Waals surface area contributed by atoms with Gasteiger partial charge in [0.1, 0.15) is 0 Å². The number of thiophene rings is 1. The van der Waals surface area contributed by atoms with E-state index in [1.165, 1.54) is 0 Å². The zero-order chi connectivity index (χ0) is 15.1. The number of hydrogen-bond donors (Lipinski definition) is 2. The molecule has 0 saturated carbocycles. The molecule has 0 aliphatic rings. The lowest BCUT2D eigenvalue weighted by Gasteiger charge is -2.19. The first-order valence-corrected chi connectivity index (χ1v) is 7.99. The minimum Gasteiger partial charge on any atom is -0.481 e. The van der Waals surface area contributed by atoms with Crippen molar-refractivity contribution in [2.45, 2.75) is 26.3 Å². The summed E-state index contributed by atoms with van der Waals surface area (Å²) in [5.41, 5.74) is 0. The normalized spacial score (nSPS) is 11.9. The Morgan fingerprint density at radius 1 is 1.55 bits per heavy atom. The Labute approximate surface area is 131 Å². The molecule has 0 aliphatic carbocycles. The molecular weight excluding hydrogens is 344 g/mol. The van der Waals surface area contributed by atoms with Crippen LogP contribution in [-0.2, 0) is 11.3 Å². The first-order chi connectivity index (χ1) is 9.38. The van der Waals surface area contributed by atoms with Gasteiger partial charge >= 0.3 is 12.0 Å². The number of rotatable bonds is 7. The van der Waals surface area contributed by atoms with Crippen LogP contribution in [0.1, 0.15) is 24.6 Å². The Balaban J connectivity index is 2.29. The summed E-state index contributed by atoms with van der Waals surface area (Å²) in [4.78, 5) is 25.1. The number of hydrogen-bond acceptors (Lipinski definition) is 3. The summed E-state index contributed by atoms with van der Waals surface area (Å²) in [6.07, 6.45) is 0.702. The first-order valence-electron chi connectivity index (χ1n) is 6.32. The Hall–Kier alpha value is -1.08. The Kier molecular flexibility index (Phi) is 7.01. The van der Waals surface area contributed by atoms with Crippen molar-refractivity contribution in [2.75, 3.05) is 13.6 Å². The topological polar surface area (TPSA) is 69.6 Å². The van der Waals surface area contributed by atoms with Gasteiger partial charge in [-0.15, -0.1) is 11.3 Å². The Morgan fingerprint density at radius 2 is 2.25 bits per heavy atom. The van der Waals surface area contributed by atoms with Gasteiger partial charge in [-0.05, 0) is 34.3 Å². The molecular formula is C13H19BrN2O3S. The molecule has 0 radical (unpaired) electrons. The highest BCUT2D eigenvalue weighted by atomic mass is 79.9. The summed E-state index contributed by atoms with van der Waals surface area (Å²) in [6, 6.07) is 1.85. The number of nitrogens with zero attached hydrogens (tertiary/aromatic N) is 1. The number of carbonyl (C=O) groups is 2. The quantitative estimate of drug-likeness (QED) is 0.782. The molecule has 0 fully saturated rings. The number of aliphatic carboxylic acids is 1. The van der Waals surface area contributed by atoms with Gasteiger partial charge in [0.25, 0.3) is 0 Å². The highest BCUT2D eigenvalue weighted by molar-refractivity contribution is 9.10. The zero-order valence-corrected chi connectivity index (χ0v) is 14.0. The second-order valence-corrected chi connectivity index (χ2v) is 6.72. The van der Waals surface area contributed by atoms with E-state index in [0.717, 1.165) is 9.35 Å². The third-order valence-corrected chi connectivity index (χ3v) is 4.50. The molecule has 0 aromatic carbocycles. The van der Waals surface area contributed by atoms with Crippen molar-refractivity contribution in [2.24, 2.45) is 5.92 Å². The average Bonchev–Trinajstić information content (AvgIpc) is 2.78. The Bertz CT molecular complexity index is 464. The maximum absolute atomic E-state index is 11.9.